The number of thiazole rings is 1. The Kier molecular flexibility index (Phi) is 3.60. The van der Waals surface area contributed by atoms with Gasteiger partial charge >= 0.3 is 0 Å². The molecule has 2 N–H and O–H groups in total. The van der Waals surface area contributed by atoms with Crippen LogP contribution in [-0.2, 0) is 12.0 Å². The molecule has 0 unspecified atom stereocenters. The highest BCUT2D eigenvalue weighted by Gasteiger charge is 2.38. The summed E-state index contributed by atoms with van der Waals surface area (Å²) in [7, 11) is 0. The largest absolute Gasteiger partial charge is 0.319 e. The number of hydrogen-bond donors (Lipinski definition) is 1. The van der Waals surface area contributed by atoms with Crippen molar-refractivity contribution < 1.29 is 0 Å². The van der Waals surface area contributed by atoms with Crippen molar-refractivity contribution in [1.29, 1.82) is 0 Å². The van der Waals surface area contributed by atoms with E-state index < -0.39 is 0 Å². The second kappa shape index (κ2) is 4.69. The third-order valence-corrected chi connectivity index (χ3v) is 5.14. The van der Waals surface area contributed by atoms with Crippen LogP contribution in [0.3, 0.4) is 0 Å². The van der Waals surface area contributed by atoms with Crippen molar-refractivity contribution in [3.63, 3.8) is 0 Å². The zero-order valence-electron chi connectivity index (χ0n) is 11.4. The van der Waals surface area contributed by atoms with E-state index in [0.717, 1.165) is 19.3 Å². The lowest BCUT2D eigenvalue weighted by atomic mass is 9.78. The zero-order valence-corrected chi connectivity index (χ0v) is 12.2. The first-order chi connectivity index (χ1) is 7.92. The summed E-state index contributed by atoms with van der Waals surface area (Å²) in [6.07, 6.45) is 4.56. The summed E-state index contributed by atoms with van der Waals surface area (Å²) in [5, 5.41) is 1.18. The predicted octanol–water partition coefficient (Wildman–Crippen LogP) is 3.80. The Labute approximate surface area is 109 Å². The Morgan fingerprint density at radius 2 is 1.94 bits per heavy atom. The van der Waals surface area contributed by atoms with Crippen LogP contribution >= 0.6 is 11.3 Å². The molecule has 96 valence electrons. The molecule has 1 heterocycles. The Hall–Kier alpha value is -0.410. The predicted molar refractivity (Wildman–Crippen MR) is 74.5 cm³/mol. The number of hydrogen-bond acceptors (Lipinski definition) is 3. The SMILES string of the molecule is CC(C)Cc1nc(C2(N)CCC2)sc1C(C)C. The highest BCUT2D eigenvalue weighted by molar-refractivity contribution is 7.12. The molecule has 0 spiro atoms. The molecule has 0 amide bonds. The fourth-order valence-electron chi connectivity index (χ4n) is 2.33. The molecule has 0 saturated heterocycles. The Morgan fingerprint density at radius 1 is 1.29 bits per heavy atom. The van der Waals surface area contributed by atoms with Gasteiger partial charge in [0.15, 0.2) is 0 Å². The molecule has 17 heavy (non-hydrogen) atoms. The van der Waals surface area contributed by atoms with Crippen molar-refractivity contribution in [2.75, 3.05) is 0 Å². The quantitative estimate of drug-likeness (QED) is 0.885. The van der Waals surface area contributed by atoms with E-state index >= 15 is 0 Å². The van der Waals surface area contributed by atoms with E-state index in [1.165, 1.54) is 22.0 Å². The molecule has 3 heteroatoms. The minimum atomic E-state index is -0.0937. The maximum absolute atomic E-state index is 6.39. The molecule has 0 aromatic carbocycles. The molecule has 1 aromatic heterocycles. The normalized spacial score (nSPS) is 18.8. The first-order valence-corrected chi connectivity index (χ1v) is 7.53. The minimum Gasteiger partial charge on any atom is -0.319 e. The Bertz CT molecular complexity index is 389. The monoisotopic (exact) mass is 252 g/mol. The van der Waals surface area contributed by atoms with Crippen LogP contribution in [0.15, 0.2) is 0 Å². The third-order valence-electron chi connectivity index (χ3n) is 3.53. The molecule has 1 aromatic rings. The van der Waals surface area contributed by atoms with Gasteiger partial charge in [-0.1, -0.05) is 27.7 Å². The van der Waals surface area contributed by atoms with E-state index in [0.29, 0.717) is 11.8 Å². The molecule has 2 nitrogen and oxygen atoms in total. The van der Waals surface area contributed by atoms with Crippen LogP contribution < -0.4 is 5.73 Å². The Balaban J connectivity index is 2.30. The maximum Gasteiger partial charge on any atom is 0.113 e. The van der Waals surface area contributed by atoms with Gasteiger partial charge in [0.1, 0.15) is 5.01 Å². The van der Waals surface area contributed by atoms with Crippen molar-refractivity contribution >= 4 is 11.3 Å². The second-order valence-electron chi connectivity index (χ2n) is 6.09. The fraction of sp³-hybridized carbons (Fsp3) is 0.786. The van der Waals surface area contributed by atoms with Crippen LogP contribution in [0.25, 0.3) is 0 Å². The van der Waals surface area contributed by atoms with E-state index in [-0.39, 0.29) is 5.54 Å². The smallest absolute Gasteiger partial charge is 0.113 e. The van der Waals surface area contributed by atoms with Gasteiger partial charge in [0.25, 0.3) is 0 Å². The van der Waals surface area contributed by atoms with Crippen molar-refractivity contribution in [1.82, 2.24) is 4.98 Å². The van der Waals surface area contributed by atoms with Crippen molar-refractivity contribution in [3.8, 4) is 0 Å². The average Bonchev–Trinajstić information content (AvgIpc) is 2.57. The second-order valence-corrected chi connectivity index (χ2v) is 7.12. The highest BCUT2D eigenvalue weighted by atomic mass is 32.1. The number of nitrogens with two attached hydrogens (primary N) is 1. The van der Waals surface area contributed by atoms with Gasteiger partial charge in [-0.15, -0.1) is 11.3 Å². The van der Waals surface area contributed by atoms with Crippen LogP contribution in [0.5, 0.6) is 0 Å². The summed E-state index contributed by atoms with van der Waals surface area (Å²) in [5.74, 6) is 1.23. The van der Waals surface area contributed by atoms with E-state index in [9.17, 15) is 0 Å². The molecular formula is C14H24N2S. The first-order valence-electron chi connectivity index (χ1n) is 6.71. The molecule has 1 aliphatic rings. The van der Waals surface area contributed by atoms with Gasteiger partial charge in [-0.05, 0) is 37.5 Å². The van der Waals surface area contributed by atoms with E-state index in [4.69, 9.17) is 10.7 Å². The highest BCUT2D eigenvalue weighted by Crippen LogP contribution is 2.42. The van der Waals surface area contributed by atoms with Crippen LogP contribution in [0.2, 0.25) is 0 Å². The van der Waals surface area contributed by atoms with Gasteiger partial charge in [0.2, 0.25) is 0 Å². The van der Waals surface area contributed by atoms with Gasteiger partial charge < -0.3 is 5.73 Å². The topological polar surface area (TPSA) is 38.9 Å². The number of nitrogens with zero attached hydrogens (tertiary/aromatic N) is 1. The lowest BCUT2D eigenvalue weighted by Crippen LogP contribution is -2.43. The number of rotatable bonds is 4. The lowest BCUT2D eigenvalue weighted by Gasteiger charge is -2.35. The Morgan fingerprint density at radius 3 is 2.35 bits per heavy atom. The van der Waals surface area contributed by atoms with E-state index in [1.54, 1.807) is 0 Å². The van der Waals surface area contributed by atoms with Gasteiger partial charge in [-0.2, -0.15) is 0 Å². The summed E-state index contributed by atoms with van der Waals surface area (Å²) in [5.41, 5.74) is 7.59. The third kappa shape index (κ3) is 2.55. The molecule has 0 bridgehead atoms. The number of aromatic nitrogens is 1. The molecule has 1 fully saturated rings. The molecular weight excluding hydrogens is 228 g/mol. The summed E-state index contributed by atoms with van der Waals surface area (Å²) in [4.78, 5) is 6.31. The molecule has 0 atom stereocenters. The van der Waals surface area contributed by atoms with Crippen molar-refractivity contribution in [2.24, 2.45) is 11.7 Å². The van der Waals surface area contributed by atoms with Gasteiger partial charge in [-0.25, -0.2) is 4.98 Å². The summed E-state index contributed by atoms with van der Waals surface area (Å²) in [6, 6.07) is 0. The van der Waals surface area contributed by atoms with Crippen molar-refractivity contribution in [2.45, 2.75) is 64.8 Å². The van der Waals surface area contributed by atoms with Crippen LogP contribution in [0.1, 0.15) is 68.5 Å². The molecule has 0 radical (unpaired) electrons. The molecule has 2 rings (SSSR count). The van der Waals surface area contributed by atoms with Crippen LogP contribution in [0.4, 0.5) is 0 Å². The first kappa shape index (κ1) is 13.0. The van der Waals surface area contributed by atoms with Crippen molar-refractivity contribution in [3.05, 3.63) is 15.6 Å². The van der Waals surface area contributed by atoms with Gasteiger partial charge in [0.05, 0.1) is 11.2 Å². The van der Waals surface area contributed by atoms with Crippen LogP contribution in [0, 0.1) is 5.92 Å². The maximum atomic E-state index is 6.39. The molecule has 1 aliphatic carbocycles. The van der Waals surface area contributed by atoms with Crippen LogP contribution in [-0.4, -0.2) is 4.98 Å². The summed E-state index contributed by atoms with van der Waals surface area (Å²) >= 11 is 1.86. The van der Waals surface area contributed by atoms with Gasteiger partial charge in [0, 0.05) is 4.88 Å². The van der Waals surface area contributed by atoms with Gasteiger partial charge in [-0.3, -0.25) is 0 Å². The summed E-state index contributed by atoms with van der Waals surface area (Å²) in [6.45, 7) is 9.02. The summed E-state index contributed by atoms with van der Waals surface area (Å²) < 4.78 is 0. The van der Waals surface area contributed by atoms with E-state index in [1.807, 2.05) is 11.3 Å². The van der Waals surface area contributed by atoms with E-state index in [2.05, 4.69) is 27.7 Å². The zero-order chi connectivity index (χ0) is 12.6. The molecule has 0 aliphatic heterocycles. The molecule has 1 saturated carbocycles. The standard InChI is InChI=1S/C14H24N2S/c1-9(2)8-11-12(10(3)4)17-13(16-11)14(15)6-5-7-14/h9-10H,5-8,15H2,1-4H3. The fourth-order valence-corrected chi connectivity index (χ4v) is 3.59. The average molecular weight is 252 g/mol. The lowest BCUT2D eigenvalue weighted by molar-refractivity contribution is 0.252. The minimum absolute atomic E-state index is 0.0937.